The topological polar surface area (TPSA) is 0 Å². The van der Waals surface area contributed by atoms with Crippen molar-refractivity contribution in [2.24, 2.45) is 0 Å². The number of hydrogen-bond acceptors (Lipinski definition) is 0. The largest absolute Gasteiger partial charge is 0.0622 e. The van der Waals surface area contributed by atoms with Crippen LogP contribution in [-0.4, -0.2) is 38.7 Å². The van der Waals surface area contributed by atoms with Gasteiger partial charge in [0.25, 0.3) is 0 Å². The van der Waals surface area contributed by atoms with E-state index in [1.807, 2.05) is 12.1 Å². The molecule has 0 aliphatic heterocycles. The van der Waals surface area contributed by atoms with Gasteiger partial charge in [-0.1, -0.05) is 60.7 Å². The van der Waals surface area contributed by atoms with Crippen LogP contribution in [0.5, 0.6) is 0 Å². The van der Waals surface area contributed by atoms with Crippen LogP contribution in [0.15, 0.2) is 121 Å². The molecule has 0 bridgehead atoms. The van der Waals surface area contributed by atoms with Crippen LogP contribution in [-0.2, 0) is 0 Å². The maximum atomic E-state index is 4.91. The van der Waals surface area contributed by atoms with Crippen molar-refractivity contribution in [1.82, 2.24) is 0 Å². The van der Waals surface area contributed by atoms with Crippen LogP contribution >= 0.6 is 33.2 Å². The van der Waals surface area contributed by atoms with Crippen LogP contribution in [0.25, 0.3) is 11.1 Å². The van der Waals surface area contributed by atoms with Crippen LogP contribution in [0.1, 0.15) is 0 Å². The van der Waals surface area contributed by atoms with Crippen LogP contribution in [0.4, 0.5) is 0 Å². The average Bonchev–Trinajstić information content (AvgIpc) is 2.83. The third-order valence-corrected chi connectivity index (χ3v) is 6.33. The molecular formula is C25H25Cl3Ge2Si. The summed E-state index contributed by atoms with van der Waals surface area (Å²) in [5, 5.41) is 0. The molecule has 0 saturated carbocycles. The molecule has 6 heteroatoms. The molecule has 0 nitrogen and oxygen atoms in total. The third kappa shape index (κ3) is 13.9. The Morgan fingerprint density at radius 1 is 0.484 bits per heavy atom. The van der Waals surface area contributed by atoms with E-state index in [1.165, 1.54) is 36.4 Å². The summed E-state index contributed by atoms with van der Waals surface area (Å²) in [6.07, 6.45) is 0. The van der Waals surface area contributed by atoms with Crippen molar-refractivity contribution in [2.75, 3.05) is 0 Å². The predicted molar refractivity (Wildman–Crippen MR) is 148 cm³/mol. The first-order valence-electron chi connectivity index (χ1n) is 9.67. The summed E-state index contributed by atoms with van der Waals surface area (Å²) in [6.45, 7) is -1.46. The fourth-order valence-corrected chi connectivity index (χ4v) is 4.68. The molecule has 0 amide bonds. The summed E-state index contributed by atoms with van der Waals surface area (Å²) in [5.74, 6) is 2.12. The standard InChI is InChI=1S/C12H10Ge.C12H10.CH5Ge.Cl3Si/c1-3-7-11(8-4-1)13-12-9-5-2-6-10-12;1-3-7-11(8-4-1)12-9-5-2-6-10-12;1-2;1-4(2)3/h1-10H;1-10H;2H2,1H3;. The second kappa shape index (κ2) is 18.6. The maximum Gasteiger partial charge on any atom is -0.0184 e. The van der Waals surface area contributed by atoms with E-state index in [0.717, 1.165) is 0 Å². The van der Waals surface area contributed by atoms with Gasteiger partial charge in [-0.3, -0.25) is 0 Å². The third-order valence-electron chi connectivity index (χ3n) is 3.72. The van der Waals surface area contributed by atoms with Gasteiger partial charge in [0.15, 0.2) is 0 Å². The van der Waals surface area contributed by atoms with Crippen LogP contribution in [0, 0.1) is 0 Å². The van der Waals surface area contributed by atoms with Crippen molar-refractivity contribution in [3.8, 4) is 11.1 Å². The molecule has 4 rings (SSSR count). The Labute approximate surface area is 217 Å². The second-order valence-corrected chi connectivity index (χ2v) is 14.3. The molecule has 31 heavy (non-hydrogen) atoms. The fourth-order valence-electron chi connectivity index (χ4n) is 2.47. The van der Waals surface area contributed by atoms with E-state index >= 15 is 0 Å². The molecule has 0 aliphatic carbocycles. The Balaban J connectivity index is 0.000000249. The van der Waals surface area contributed by atoms with Gasteiger partial charge in [-0.05, 0) is 11.1 Å². The fraction of sp³-hybridized carbons (Fsp3) is 0.0400. The van der Waals surface area contributed by atoms with Crippen molar-refractivity contribution >= 4 is 80.7 Å². The van der Waals surface area contributed by atoms with Gasteiger partial charge in [-0.2, -0.15) is 0 Å². The average molecular weight is 605 g/mol. The first kappa shape index (κ1) is 28.1. The summed E-state index contributed by atoms with van der Waals surface area (Å²) in [7, 11) is 0. The molecule has 4 aromatic carbocycles. The predicted octanol–water partition coefficient (Wildman–Crippen LogP) is 6.05. The summed E-state index contributed by atoms with van der Waals surface area (Å²) in [4.78, 5) is 0. The zero-order valence-electron chi connectivity index (χ0n) is 17.4. The Kier molecular flexibility index (Phi) is 16.9. The first-order chi connectivity index (χ1) is 15.1. The van der Waals surface area contributed by atoms with E-state index < -0.39 is 6.73 Å². The van der Waals surface area contributed by atoms with Crippen molar-refractivity contribution in [3.63, 3.8) is 0 Å². The molecule has 4 aromatic rings. The van der Waals surface area contributed by atoms with E-state index in [4.69, 9.17) is 33.2 Å². The number of benzene rings is 4. The molecule has 0 N–H and O–H groups in total. The number of rotatable bonds is 3. The molecular weight excluding hydrogens is 580 g/mol. The maximum absolute atomic E-state index is 4.91. The van der Waals surface area contributed by atoms with E-state index in [-0.39, 0.29) is 15.4 Å². The molecule has 0 atom stereocenters. The Hall–Kier alpha value is -0.947. The Morgan fingerprint density at radius 2 is 0.710 bits per heavy atom. The van der Waals surface area contributed by atoms with Crippen molar-refractivity contribution in [1.29, 1.82) is 0 Å². The van der Waals surface area contributed by atoms with Crippen LogP contribution < -0.4 is 8.79 Å². The molecule has 0 aliphatic rings. The molecule has 0 spiro atoms. The van der Waals surface area contributed by atoms with Crippen molar-refractivity contribution in [2.45, 2.75) is 5.76 Å². The summed E-state index contributed by atoms with van der Waals surface area (Å²) >= 11 is 16.0. The van der Waals surface area contributed by atoms with E-state index in [1.54, 1.807) is 0 Å². The normalized spacial score (nSPS) is 9.23. The number of halogens is 3. The van der Waals surface area contributed by atoms with E-state index in [9.17, 15) is 0 Å². The number of hydrogen-bond donors (Lipinski definition) is 0. The molecule has 0 unspecified atom stereocenters. The monoisotopic (exact) mass is 606 g/mol. The first-order valence-corrected chi connectivity index (χ1v) is 19.3. The minimum Gasteiger partial charge on any atom is -0.0622 e. The van der Waals surface area contributed by atoms with Gasteiger partial charge < -0.3 is 0 Å². The molecule has 158 valence electrons. The SMILES string of the molecule is Cl[Si](Cl)Cl.[CH3][GeH2].c1cc[c]([Ge][c]2ccccc2)cc1.c1ccc(-c2ccccc2)cc1. The quantitative estimate of drug-likeness (QED) is 0.197. The zero-order valence-corrected chi connectivity index (χ0v) is 25.7. The summed E-state index contributed by atoms with van der Waals surface area (Å²) in [6, 6.07) is 42.2. The molecule has 0 aromatic heterocycles. The van der Waals surface area contributed by atoms with Gasteiger partial charge in [-0.15, -0.1) is 33.2 Å². The summed E-state index contributed by atoms with van der Waals surface area (Å²) < 4.78 is 2.99. The smallest absolute Gasteiger partial charge is 0.0184 e. The van der Waals surface area contributed by atoms with Crippen LogP contribution in [0.2, 0.25) is 5.76 Å². The van der Waals surface area contributed by atoms with Crippen LogP contribution in [0.3, 0.4) is 0 Å². The Bertz CT molecular complexity index is 833. The summed E-state index contributed by atoms with van der Waals surface area (Å²) in [5.41, 5.74) is 2.55. The molecule has 0 heterocycles. The van der Waals surface area contributed by atoms with Crippen molar-refractivity contribution in [3.05, 3.63) is 121 Å². The van der Waals surface area contributed by atoms with Gasteiger partial charge in [0.2, 0.25) is 0 Å². The molecule has 0 fully saturated rings. The Morgan fingerprint density at radius 3 is 0.968 bits per heavy atom. The zero-order chi connectivity index (χ0) is 22.7. The molecule has 4 radical (unpaired) electrons. The minimum absolute atomic E-state index is 0.108. The van der Waals surface area contributed by atoms with Gasteiger partial charge in [-0.25, -0.2) is 0 Å². The second-order valence-electron chi connectivity index (χ2n) is 5.80. The van der Waals surface area contributed by atoms with E-state index in [2.05, 4.69) is 115 Å². The van der Waals surface area contributed by atoms with Gasteiger partial charge in [0, 0.05) is 0 Å². The van der Waals surface area contributed by atoms with E-state index in [0.29, 0.717) is 0 Å². The molecule has 0 saturated heterocycles. The minimum atomic E-state index is -1.46. The van der Waals surface area contributed by atoms with Gasteiger partial charge >= 0.3 is 114 Å². The van der Waals surface area contributed by atoms with Gasteiger partial charge in [0.05, 0.1) is 0 Å². The van der Waals surface area contributed by atoms with Gasteiger partial charge in [0.1, 0.15) is 0 Å². The van der Waals surface area contributed by atoms with Crippen molar-refractivity contribution < 1.29 is 0 Å².